The molecule has 0 N–H and O–H groups in total. The highest BCUT2D eigenvalue weighted by atomic mass is 16.5. The lowest BCUT2D eigenvalue weighted by Gasteiger charge is -2.28. The van der Waals surface area contributed by atoms with Gasteiger partial charge in [-0.3, -0.25) is 4.90 Å². The second-order valence-electron chi connectivity index (χ2n) is 7.75. The Morgan fingerprint density at radius 2 is 1.93 bits per heavy atom. The smallest absolute Gasteiger partial charge is 0.218 e. The van der Waals surface area contributed by atoms with Gasteiger partial charge in [0.05, 0.1) is 11.3 Å². The predicted octanol–water partition coefficient (Wildman–Crippen LogP) is 3.21. The lowest BCUT2D eigenvalue weighted by molar-refractivity contribution is 0.190. The van der Waals surface area contributed by atoms with E-state index in [1.807, 2.05) is 18.5 Å². The molecule has 7 nitrogen and oxygen atoms in total. The maximum atomic E-state index is 6.21. The summed E-state index contributed by atoms with van der Waals surface area (Å²) in [5, 5.41) is 0. The second kappa shape index (κ2) is 8.21. The zero-order chi connectivity index (χ0) is 19.5. The van der Waals surface area contributed by atoms with Crippen LogP contribution < -0.4 is 4.74 Å². The van der Waals surface area contributed by atoms with Crippen molar-refractivity contribution < 1.29 is 4.74 Å². The Hall–Kier alpha value is -2.93. The highest BCUT2D eigenvalue weighted by molar-refractivity contribution is 5.52. The van der Waals surface area contributed by atoms with Crippen LogP contribution >= 0.6 is 0 Å². The first-order valence-electron chi connectivity index (χ1n) is 10.3. The second-order valence-corrected chi connectivity index (χ2v) is 7.75. The average molecular weight is 388 g/mol. The minimum Gasteiger partial charge on any atom is -0.474 e. The molecular weight excluding hydrogens is 364 g/mol. The molecule has 0 atom stereocenters. The summed E-state index contributed by atoms with van der Waals surface area (Å²) in [5.74, 6) is 1.48. The van der Waals surface area contributed by atoms with Crippen LogP contribution in [0.5, 0.6) is 5.88 Å². The van der Waals surface area contributed by atoms with Gasteiger partial charge in [-0.15, -0.1) is 0 Å². The summed E-state index contributed by atoms with van der Waals surface area (Å²) in [6.07, 6.45) is 14.8. The van der Waals surface area contributed by atoms with Crippen LogP contribution in [0.3, 0.4) is 0 Å². The highest BCUT2D eigenvalue weighted by Crippen LogP contribution is 2.27. The Morgan fingerprint density at radius 3 is 2.79 bits per heavy atom. The van der Waals surface area contributed by atoms with Crippen LogP contribution in [0, 0.1) is 0 Å². The zero-order valence-electron chi connectivity index (χ0n) is 16.4. The molecule has 0 amide bonds. The summed E-state index contributed by atoms with van der Waals surface area (Å²) in [5.41, 5.74) is 4.30. The van der Waals surface area contributed by atoms with E-state index in [1.54, 1.807) is 12.4 Å². The molecule has 2 aliphatic rings. The predicted molar refractivity (Wildman–Crippen MR) is 108 cm³/mol. The number of hydrogen-bond donors (Lipinski definition) is 0. The van der Waals surface area contributed by atoms with Gasteiger partial charge in [0.1, 0.15) is 12.4 Å². The van der Waals surface area contributed by atoms with Gasteiger partial charge < -0.3 is 4.74 Å². The molecule has 0 spiro atoms. The van der Waals surface area contributed by atoms with Gasteiger partial charge in [-0.2, -0.15) is 0 Å². The number of pyridine rings is 1. The number of ether oxygens (including phenoxy) is 1. The van der Waals surface area contributed by atoms with E-state index >= 15 is 0 Å². The van der Waals surface area contributed by atoms with Gasteiger partial charge in [0.15, 0.2) is 5.82 Å². The van der Waals surface area contributed by atoms with E-state index < -0.39 is 0 Å². The van der Waals surface area contributed by atoms with Crippen LogP contribution in [0.2, 0.25) is 0 Å². The van der Waals surface area contributed by atoms with Crippen LogP contribution in [-0.4, -0.2) is 42.5 Å². The van der Waals surface area contributed by atoms with Crippen molar-refractivity contribution in [1.82, 2.24) is 29.8 Å². The summed E-state index contributed by atoms with van der Waals surface area (Å²) in [7, 11) is 0. The molecular formula is C22H24N6O. The topological polar surface area (TPSA) is 76.9 Å². The Labute approximate surface area is 170 Å². The molecule has 3 aromatic rings. The Morgan fingerprint density at radius 1 is 1.07 bits per heavy atom. The van der Waals surface area contributed by atoms with Crippen molar-refractivity contribution in [2.75, 3.05) is 6.54 Å². The molecule has 1 fully saturated rings. The molecule has 0 radical (unpaired) electrons. The molecule has 0 bridgehead atoms. The van der Waals surface area contributed by atoms with Gasteiger partial charge >= 0.3 is 0 Å². The van der Waals surface area contributed by atoms with Crippen molar-refractivity contribution in [2.24, 2.45) is 0 Å². The molecule has 1 aliphatic carbocycles. The summed E-state index contributed by atoms with van der Waals surface area (Å²) >= 11 is 0. The Bertz CT molecular complexity index is 974. The van der Waals surface area contributed by atoms with Gasteiger partial charge in [0.2, 0.25) is 5.88 Å². The molecule has 3 aromatic heterocycles. The SMILES string of the molecule is c1cnc(OC2CCCC2)c(CN2CCc3nc(-c4cncnc4)ncc3C2)c1. The summed E-state index contributed by atoms with van der Waals surface area (Å²) in [4.78, 5) is 24.3. The first kappa shape index (κ1) is 18.1. The lowest BCUT2D eigenvalue weighted by Crippen LogP contribution is -2.31. The minimum atomic E-state index is 0.319. The Balaban J connectivity index is 1.29. The summed E-state index contributed by atoms with van der Waals surface area (Å²) in [6.45, 7) is 2.61. The van der Waals surface area contributed by atoms with Gasteiger partial charge in [-0.05, 0) is 31.7 Å². The van der Waals surface area contributed by atoms with E-state index in [9.17, 15) is 0 Å². The van der Waals surface area contributed by atoms with E-state index in [0.29, 0.717) is 11.9 Å². The summed E-state index contributed by atoms with van der Waals surface area (Å²) < 4.78 is 6.21. The van der Waals surface area contributed by atoms with E-state index in [-0.39, 0.29) is 0 Å². The van der Waals surface area contributed by atoms with E-state index in [0.717, 1.165) is 61.6 Å². The van der Waals surface area contributed by atoms with Crippen molar-refractivity contribution >= 4 is 0 Å². The van der Waals surface area contributed by atoms with Crippen LogP contribution in [0.4, 0.5) is 0 Å². The monoisotopic (exact) mass is 388 g/mol. The van der Waals surface area contributed by atoms with Crippen molar-refractivity contribution in [3.63, 3.8) is 0 Å². The van der Waals surface area contributed by atoms with E-state index in [1.165, 1.54) is 24.7 Å². The zero-order valence-corrected chi connectivity index (χ0v) is 16.4. The van der Waals surface area contributed by atoms with E-state index in [4.69, 9.17) is 9.72 Å². The molecule has 0 unspecified atom stereocenters. The minimum absolute atomic E-state index is 0.319. The fourth-order valence-corrected chi connectivity index (χ4v) is 4.12. The third-order valence-corrected chi connectivity index (χ3v) is 5.66. The third-order valence-electron chi connectivity index (χ3n) is 5.66. The van der Waals surface area contributed by atoms with Crippen LogP contribution in [0.25, 0.3) is 11.4 Å². The Kier molecular flexibility index (Phi) is 5.13. The van der Waals surface area contributed by atoms with E-state index in [2.05, 4.69) is 30.9 Å². The molecule has 1 saturated carbocycles. The van der Waals surface area contributed by atoms with Gasteiger partial charge in [0.25, 0.3) is 0 Å². The quantitative estimate of drug-likeness (QED) is 0.664. The molecule has 4 heterocycles. The third kappa shape index (κ3) is 4.10. The van der Waals surface area contributed by atoms with Gasteiger partial charge in [-0.25, -0.2) is 24.9 Å². The van der Waals surface area contributed by atoms with Crippen molar-refractivity contribution in [1.29, 1.82) is 0 Å². The fraction of sp³-hybridized carbons (Fsp3) is 0.409. The number of fused-ring (bicyclic) bond motifs is 1. The summed E-state index contributed by atoms with van der Waals surface area (Å²) in [6, 6.07) is 4.12. The van der Waals surface area contributed by atoms with Crippen LogP contribution in [0.1, 0.15) is 42.5 Å². The van der Waals surface area contributed by atoms with Crippen molar-refractivity contribution in [2.45, 2.75) is 51.3 Å². The number of aromatic nitrogens is 5. The molecule has 1 aliphatic heterocycles. The highest BCUT2D eigenvalue weighted by Gasteiger charge is 2.22. The lowest BCUT2D eigenvalue weighted by atomic mass is 10.1. The number of nitrogens with zero attached hydrogens (tertiary/aromatic N) is 6. The largest absolute Gasteiger partial charge is 0.474 e. The van der Waals surface area contributed by atoms with Crippen LogP contribution in [-0.2, 0) is 19.5 Å². The van der Waals surface area contributed by atoms with Gasteiger partial charge in [-0.1, -0.05) is 6.07 Å². The average Bonchev–Trinajstić information content (AvgIpc) is 3.28. The van der Waals surface area contributed by atoms with Crippen molar-refractivity contribution in [3.8, 4) is 17.3 Å². The molecule has 29 heavy (non-hydrogen) atoms. The molecule has 7 heteroatoms. The standard InChI is InChI=1S/C22H24N6O/c1-2-6-19(5-1)29-22-16(4-3-8-25-22)13-28-9-7-20-18(14-28)12-26-21(27-20)17-10-23-15-24-11-17/h3-4,8,10-12,15,19H,1-2,5-7,9,13-14H2. The number of hydrogen-bond acceptors (Lipinski definition) is 7. The first-order chi connectivity index (χ1) is 14.3. The van der Waals surface area contributed by atoms with Gasteiger partial charge in [0, 0.05) is 62.0 Å². The molecule has 0 saturated heterocycles. The maximum absolute atomic E-state index is 6.21. The maximum Gasteiger partial charge on any atom is 0.218 e. The molecule has 0 aromatic carbocycles. The molecule has 148 valence electrons. The number of rotatable bonds is 5. The normalized spacial score (nSPS) is 17.2. The fourth-order valence-electron chi connectivity index (χ4n) is 4.12. The first-order valence-corrected chi connectivity index (χ1v) is 10.3. The van der Waals surface area contributed by atoms with Crippen LogP contribution in [0.15, 0.2) is 43.2 Å². The molecule has 5 rings (SSSR count). The van der Waals surface area contributed by atoms with Crippen molar-refractivity contribution in [3.05, 3.63) is 60.1 Å².